The van der Waals surface area contributed by atoms with Gasteiger partial charge in [0.15, 0.2) is 5.84 Å². The van der Waals surface area contributed by atoms with Crippen LogP contribution in [0.3, 0.4) is 0 Å². The molecule has 0 saturated heterocycles. The fraction of sp³-hybridized carbons (Fsp3) is 0.0833. The SMILES string of the molecule is Cc1cc2c(s1)Nc1ccccc1N=C2N=C1Nc2ccccc2Nc2sc(C)cc21. The molecule has 31 heavy (non-hydrogen) atoms. The molecule has 2 aromatic heterocycles. The van der Waals surface area contributed by atoms with Gasteiger partial charge in [-0.25, -0.2) is 9.98 Å². The van der Waals surface area contributed by atoms with E-state index in [1.54, 1.807) is 22.7 Å². The predicted molar refractivity (Wildman–Crippen MR) is 134 cm³/mol. The fourth-order valence-electron chi connectivity index (χ4n) is 3.83. The molecule has 0 atom stereocenters. The van der Waals surface area contributed by atoms with Crippen molar-refractivity contribution in [3.63, 3.8) is 0 Å². The Kier molecular flexibility index (Phi) is 4.19. The topological polar surface area (TPSA) is 60.8 Å². The monoisotopic (exact) mass is 441 g/mol. The van der Waals surface area contributed by atoms with E-state index in [0.29, 0.717) is 5.84 Å². The Morgan fingerprint density at radius 1 is 0.710 bits per heavy atom. The normalized spacial score (nSPS) is 15.2. The summed E-state index contributed by atoms with van der Waals surface area (Å²) in [5.41, 5.74) is 5.99. The average Bonchev–Trinajstić information content (AvgIpc) is 3.22. The highest BCUT2D eigenvalue weighted by atomic mass is 32.1. The number of aliphatic imine (C=N–C) groups is 2. The lowest BCUT2D eigenvalue weighted by Crippen LogP contribution is -2.15. The van der Waals surface area contributed by atoms with Crippen molar-refractivity contribution in [2.75, 3.05) is 16.0 Å². The van der Waals surface area contributed by atoms with Gasteiger partial charge in [-0.3, -0.25) is 0 Å². The largest absolute Gasteiger partial charge is 0.345 e. The van der Waals surface area contributed by atoms with E-state index in [1.807, 2.05) is 30.3 Å². The summed E-state index contributed by atoms with van der Waals surface area (Å²) in [7, 11) is 0. The molecule has 6 rings (SSSR count). The first kappa shape index (κ1) is 18.4. The molecular formula is C24H19N5S2. The summed E-state index contributed by atoms with van der Waals surface area (Å²) in [4.78, 5) is 12.5. The van der Waals surface area contributed by atoms with Crippen LogP contribution in [0.5, 0.6) is 0 Å². The van der Waals surface area contributed by atoms with Crippen LogP contribution >= 0.6 is 22.7 Å². The number of benzene rings is 2. The van der Waals surface area contributed by atoms with Crippen molar-refractivity contribution in [2.24, 2.45) is 9.98 Å². The zero-order chi connectivity index (χ0) is 20.9. The van der Waals surface area contributed by atoms with Gasteiger partial charge in [-0.05, 0) is 50.2 Å². The van der Waals surface area contributed by atoms with Gasteiger partial charge in [0.2, 0.25) is 0 Å². The number of hydrogen-bond donors (Lipinski definition) is 3. The number of anilines is 5. The Balaban J connectivity index is 1.57. The van der Waals surface area contributed by atoms with Crippen LogP contribution in [0.25, 0.3) is 0 Å². The van der Waals surface area contributed by atoms with Gasteiger partial charge < -0.3 is 16.0 Å². The number of amidine groups is 2. The van der Waals surface area contributed by atoms with Gasteiger partial charge in [0.1, 0.15) is 15.8 Å². The Labute approximate surface area is 188 Å². The minimum Gasteiger partial charge on any atom is -0.345 e. The molecule has 0 aliphatic carbocycles. The molecule has 0 spiro atoms. The van der Waals surface area contributed by atoms with E-state index >= 15 is 0 Å². The van der Waals surface area contributed by atoms with Crippen LogP contribution in [0.1, 0.15) is 20.9 Å². The third kappa shape index (κ3) is 3.22. The van der Waals surface area contributed by atoms with Crippen molar-refractivity contribution in [3.05, 3.63) is 81.5 Å². The van der Waals surface area contributed by atoms with E-state index < -0.39 is 0 Å². The molecule has 2 aromatic carbocycles. The van der Waals surface area contributed by atoms with Crippen LogP contribution in [0.15, 0.2) is 70.6 Å². The summed E-state index contributed by atoms with van der Waals surface area (Å²) >= 11 is 3.46. The quantitative estimate of drug-likeness (QED) is 0.271. The molecule has 3 N–H and O–H groups in total. The lowest BCUT2D eigenvalue weighted by Gasteiger charge is -2.09. The Morgan fingerprint density at radius 3 is 2.06 bits per heavy atom. The lowest BCUT2D eigenvalue weighted by molar-refractivity contribution is 1.46. The Morgan fingerprint density at radius 2 is 1.29 bits per heavy atom. The van der Waals surface area contributed by atoms with Gasteiger partial charge in [-0.15, -0.1) is 22.7 Å². The first-order chi connectivity index (χ1) is 15.1. The minimum absolute atomic E-state index is 0.702. The average molecular weight is 442 g/mol. The van der Waals surface area contributed by atoms with Crippen molar-refractivity contribution in [1.82, 2.24) is 0 Å². The number of aryl methyl sites for hydroxylation is 2. The van der Waals surface area contributed by atoms with Gasteiger partial charge in [0.05, 0.1) is 33.9 Å². The van der Waals surface area contributed by atoms with Gasteiger partial charge in [0, 0.05) is 9.75 Å². The number of thiophene rings is 2. The second-order valence-electron chi connectivity index (χ2n) is 7.53. The zero-order valence-electron chi connectivity index (χ0n) is 17.0. The summed E-state index contributed by atoms with van der Waals surface area (Å²) in [6, 6.07) is 20.6. The van der Waals surface area contributed by atoms with Crippen LogP contribution in [0.2, 0.25) is 0 Å². The number of para-hydroxylation sites is 4. The lowest BCUT2D eigenvalue weighted by atomic mass is 10.2. The standard InChI is InChI=1S/C24H19N5S2/c1-13-11-15-21(25-17-7-3-5-9-19(17)27-23(15)30-13)29-22-16-12-14(2)31-24(16)28-20-10-6-4-8-18(20)26-22/h3-12,27-28H,1-2H3,(H,25,26,29). The van der Waals surface area contributed by atoms with Crippen molar-refractivity contribution < 1.29 is 0 Å². The first-order valence-electron chi connectivity index (χ1n) is 10.0. The molecule has 0 radical (unpaired) electrons. The molecule has 4 aromatic rings. The number of rotatable bonds is 0. The van der Waals surface area contributed by atoms with Gasteiger partial charge >= 0.3 is 0 Å². The van der Waals surface area contributed by atoms with Crippen LogP contribution in [-0.2, 0) is 0 Å². The van der Waals surface area contributed by atoms with E-state index in [-0.39, 0.29) is 0 Å². The molecule has 7 heteroatoms. The summed E-state index contributed by atoms with van der Waals surface area (Å²) in [6.07, 6.45) is 0. The molecule has 2 aliphatic heterocycles. The van der Waals surface area contributed by atoms with Gasteiger partial charge in [0.25, 0.3) is 0 Å². The molecule has 0 amide bonds. The van der Waals surface area contributed by atoms with Gasteiger partial charge in [-0.1, -0.05) is 24.3 Å². The molecule has 0 bridgehead atoms. The molecule has 0 saturated carbocycles. The molecule has 0 fully saturated rings. The van der Waals surface area contributed by atoms with E-state index in [4.69, 9.17) is 9.98 Å². The number of nitrogens with zero attached hydrogens (tertiary/aromatic N) is 2. The number of nitrogens with one attached hydrogen (secondary N) is 3. The van der Waals surface area contributed by atoms with E-state index in [9.17, 15) is 0 Å². The van der Waals surface area contributed by atoms with Crippen LogP contribution < -0.4 is 16.0 Å². The molecule has 0 unspecified atom stereocenters. The summed E-state index contributed by atoms with van der Waals surface area (Å²) < 4.78 is 0. The number of hydrogen-bond acceptors (Lipinski definition) is 6. The smallest absolute Gasteiger partial charge is 0.165 e. The van der Waals surface area contributed by atoms with Crippen LogP contribution in [0, 0.1) is 13.8 Å². The molecule has 152 valence electrons. The van der Waals surface area contributed by atoms with E-state index in [1.165, 1.54) is 9.75 Å². The minimum atomic E-state index is 0.702. The maximum atomic E-state index is 5.11. The highest BCUT2D eigenvalue weighted by Gasteiger charge is 2.23. The van der Waals surface area contributed by atoms with E-state index in [0.717, 1.165) is 49.7 Å². The highest BCUT2D eigenvalue weighted by Crippen LogP contribution is 2.40. The van der Waals surface area contributed by atoms with Crippen molar-refractivity contribution in [3.8, 4) is 0 Å². The summed E-state index contributed by atoms with van der Waals surface area (Å²) in [5.74, 6) is 1.50. The zero-order valence-corrected chi connectivity index (χ0v) is 18.6. The highest BCUT2D eigenvalue weighted by molar-refractivity contribution is 7.17. The number of fused-ring (bicyclic) bond motifs is 4. The summed E-state index contributed by atoms with van der Waals surface area (Å²) in [5, 5.41) is 12.8. The Bertz CT molecular complexity index is 1390. The maximum Gasteiger partial charge on any atom is 0.165 e. The molecule has 2 aliphatic rings. The third-order valence-corrected chi connectivity index (χ3v) is 7.16. The molecule has 4 heterocycles. The third-order valence-electron chi connectivity index (χ3n) is 5.23. The second-order valence-corrected chi connectivity index (χ2v) is 10.0. The van der Waals surface area contributed by atoms with Crippen molar-refractivity contribution >= 4 is 67.1 Å². The molecule has 5 nitrogen and oxygen atoms in total. The summed E-state index contributed by atoms with van der Waals surface area (Å²) in [6.45, 7) is 4.23. The maximum absolute atomic E-state index is 5.11. The van der Waals surface area contributed by atoms with Crippen LogP contribution in [0.4, 0.5) is 32.8 Å². The molecular weight excluding hydrogens is 422 g/mol. The van der Waals surface area contributed by atoms with Crippen molar-refractivity contribution in [1.29, 1.82) is 0 Å². The second kappa shape index (κ2) is 7.08. The fourth-order valence-corrected chi connectivity index (χ4v) is 5.67. The van der Waals surface area contributed by atoms with Crippen molar-refractivity contribution in [2.45, 2.75) is 13.8 Å². The first-order valence-corrected chi connectivity index (χ1v) is 11.7. The predicted octanol–water partition coefficient (Wildman–Crippen LogP) is 7.18. The Hall–Kier alpha value is -3.42. The van der Waals surface area contributed by atoms with Gasteiger partial charge in [-0.2, -0.15) is 0 Å². The van der Waals surface area contributed by atoms with E-state index in [2.05, 4.69) is 60.1 Å². The van der Waals surface area contributed by atoms with Crippen LogP contribution in [-0.4, -0.2) is 11.7 Å².